The van der Waals surface area contributed by atoms with Crippen LogP contribution in [0.4, 0.5) is 4.39 Å². The van der Waals surface area contributed by atoms with Gasteiger partial charge in [-0.15, -0.1) is 0 Å². The van der Waals surface area contributed by atoms with E-state index in [9.17, 15) is 4.39 Å². The molecule has 0 aliphatic carbocycles. The molecule has 0 saturated carbocycles. The van der Waals surface area contributed by atoms with E-state index in [1.54, 1.807) is 12.1 Å². The second kappa shape index (κ2) is 8.08. The van der Waals surface area contributed by atoms with Crippen LogP contribution in [-0.4, -0.2) is 19.5 Å². The molecule has 2 rings (SSSR count). The molecule has 0 amide bonds. The number of hydrogen-bond donors (Lipinski definition) is 0. The van der Waals surface area contributed by atoms with E-state index in [1.165, 1.54) is 18.6 Å². The SMILES string of the molecule is Fc1ccc(/C=C/CCCOC2CCCCO2)cc1. The predicted molar refractivity (Wildman–Crippen MR) is 74.2 cm³/mol. The van der Waals surface area contributed by atoms with Gasteiger partial charge in [0.25, 0.3) is 0 Å². The summed E-state index contributed by atoms with van der Waals surface area (Å²) < 4.78 is 23.8. The lowest BCUT2D eigenvalue weighted by Gasteiger charge is -2.22. The molecule has 1 heterocycles. The lowest BCUT2D eigenvalue weighted by molar-refractivity contribution is -0.162. The van der Waals surface area contributed by atoms with Gasteiger partial charge in [-0.1, -0.05) is 24.3 Å². The third kappa shape index (κ3) is 5.53. The number of benzene rings is 1. The van der Waals surface area contributed by atoms with E-state index in [-0.39, 0.29) is 12.1 Å². The molecule has 1 aromatic carbocycles. The van der Waals surface area contributed by atoms with Gasteiger partial charge in [-0.05, 0) is 49.8 Å². The first-order valence-corrected chi connectivity index (χ1v) is 7.00. The third-order valence-electron chi connectivity index (χ3n) is 3.14. The Kier molecular flexibility index (Phi) is 6.05. The zero-order valence-corrected chi connectivity index (χ0v) is 11.2. The Morgan fingerprint density at radius 2 is 2.11 bits per heavy atom. The number of allylic oxidation sites excluding steroid dienone is 1. The smallest absolute Gasteiger partial charge is 0.157 e. The Labute approximate surface area is 114 Å². The predicted octanol–water partition coefficient (Wildman–Crippen LogP) is 4.16. The third-order valence-corrected chi connectivity index (χ3v) is 3.14. The minimum atomic E-state index is -0.196. The summed E-state index contributed by atoms with van der Waals surface area (Å²) in [4.78, 5) is 0. The first-order chi connectivity index (χ1) is 9.34. The number of ether oxygens (including phenoxy) is 2. The van der Waals surface area contributed by atoms with Crippen molar-refractivity contribution in [2.45, 2.75) is 38.4 Å². The maximum absolute atomic E-state index is 12.7. The quantitative estimate of drug-likeness (QED) is 0.718. The van der Waals surface area contributed by atoms with Crippen molar-refractivity contribution in [1.29, 1.82) is 0 Å². The molecule has 3 heteroatoms. The molecule has 1 aliphatic rings. The number of unbranched alkanes of at least 4 members (excludes halogenated alkanes) is 1. The molecule has 104 valence electrons. The van der Waals surface area contributed by atoms with Gasteiger partial charge < -0.3 is 9.47 Å². The summed E-state index contributed by atoms with van der Waals surface area (Å²) in [5, 5.41) is 0. The van der Waals surface area contributed by atoms with E-state index >= 15 is 0 Å². The highest BCUT2D eigenvalue weighted by molar-refractivity contribution is 5.48. The Balaban J connectivity index is 1.57. The molecule has 0 bridgehead atoms. The van der Waals surface area contributed by atoms with Gasteiger partial charge in [0, 0.05) is 6.61 Å². The highest BCUT2D eigenvalue weighted by Crippen LogP contribution is 2.14. The van der Waals surface area contributed by atoms with E-state index in [1.807, 2.05) is 6.08 Å². The van der Waals surface area contributed by atoms with Crippen LogP contribution >= 0.6 is 0 Å². The topological polar surface area (TPSA) is 18.5 Å². The number of rotatable bonds is 6. The van der Waals surface area contributed by atoms with Crippen molar-refractivity contribution in [2.75, 3.05) is 13.2 Å². The number of hydrogen-bond acceptors (Lipinski definition) is 2. The molecular weight excluding hydrogens is 243 g/mol. The lowest BCUT2D eigenvalue weighted by Crippen LogP contribution is -2.22. The van der Waals surface area contributed by atoms with Crippen LogP contribution in [-0.2, 0) is 9.47 Å². The summed E-state index contributed by atoms with van der Waals surface area (Å²) in [6, 6.07) is 6.50. The summed E-state index contributed by atoms with van der Waals surface area (Å²) >= 11 is 0. The Hall–Kier alpha value is -1.19. The van der Waals surface area contributed by atoms with Gasteiger partial charge in [0.2, 0.25) is 0 Å². The van der Waals surface area contributed by atoms with Gasteiger partial charge in [-0.25, -0.2) is 4.39 Å². The fourth-order valence-corrected chi connectivity index (χ4v) is 2.05. The second-order valence-corrected chi connectivity index (χ2v) is 4.76. The van der Waals surface area contributed by atoms with Crippen LogP contribution in [0.15, 0.2) is 30.3 Å². The summed E-state index contributed by atoms with van der Waals surface area (Å²) in [5.41, 5.74) is 1.03. The second-order valence-electron chi connectivity index (χ2n) is 4.76. The van der Waals surface area contributed by atoms with Crippen molar-refractivity contribution in [3.63, 3.8) is 0 Å². The molecule has 0 aromatic heterocycles. The Bertz CT molecular complexity index is 380. The van der Waals surface area contributed by atoms with Crippen LogP contribution in [0.5, 0.6) is 0 Å². The Morgan fingerprint density at radius 3 is 2.84 bits per heavy atom. The highest BCUT2D eigenvalue weighted by Gasteiger charge is 2.12. The zero-order valence-electron chi connectivity index (χ0n) is 11.2. The number of halogens is 1. The van der Waals surface area contributed by atoms with Gasteiger partial charge in [0.05, 0.1) is 6.61 Å². The average Bonchev–Trinajstić information content (AvgIpc) is 2.46. The lowest BCUT2D eigenvalue weighted by atomic mass is 10.2. The standard InChI is InChI=1S/C16H21FO2/c17-15-10-8-14(9-11-15)6-2-1-4-12-18-16-7-3-5-13-19-16/h2,6,8-11,16H,1,3-5,7,12-13H2/b6-2+. The molecule has 2 nitrogen and oxygen atoms in total. The summed E-state index contributed by atoms with van der Waals surface area (Å²) in [5.74, 6) is -0.196. The van der Waals surface area contributed by atoms with Gasteiger partial charge in [-0.2, -0.15) is 0 Å². The van der Waals surface area contributed by atoms with Crippen molar-refractivity contribution in [2.24, 2.45) is 0 Å². The maximum Gasteiger partial charge on any atom is 0.157 e. The monoisotopic (exact) mass is 264 g/mol. The van der Waals surface area contributed by atoms with Crippen LogP contribution in [0, 0.1) is 5.82 Å². The minimum absolute atomic E-state index is 0.00910. The molecule has 1 aliphatic heterocycles. The van der Waals surface area contributed by atoms with Gasteiger partial charge in [0.1, 0.15) is 5.82 Å². The van der Waals surface area contributed by atoms with Crippen molar-refractivity contribution in [3.8, 4) is 0 Å². The Morgan fingerprint density at radius 1 is 1.26 bits per heavy atom. The molecule has 1 saturated heterocycles. The van der Waals surface area contributed by atoms with Crippen molar-refractivity contribution >= 4 is 6.08 Å². The molecule has 1 atom stereocenters. The zero-order chi connectivity index (χ0) is 13.3. The fourth-order valence-electron chi connectivity index (χ4n) is 2.05. The summed E-state index contributed by atoms with van der Waals surface area (Å²) in [6.45, 7) is 1.56. The van der Waals surface area contributed by atoms with E-state index in [2.05, 4.69) is 6.08 Å². The molecule has 1 aromatic rings. The molecule has 0 radical (unpaired) electrons. The molecule has 0 spiro atoms. The largest absolute Gasteiger partial charge is 0.353 e. The molecule has 1 fully saturated rings. The van der Waals surface area contributed by atoms with Crippen molar-refractivity contribution in [1.82, 2.24) is 0 Å². The van der Waals surface area contributed by atoms with E-state index in [0.717, 1.165) is 44.5 Å². The van der Waals surface area contributed by atoms with Crippen molar-refractivity contribution in [3.05, 3.63) is 41.7 Å². The normalized spacial score (nSPS) is 19.9. The van der Waals surface area contributed by atoms with Crippen LogP contribution in [0.3, 0.4) is 0 Å². The first-order valence-electron chi connectivity index (χ1n) is 7.00. The summed E-state index contributed by atoms with van der Waals surface area (Å²) in [7, 11) is 0. The summed E-state index contributed by atoms with van der Waals surface area (Å²) in [6.07, 6.45) is 9.44. The maximum atomic E-state index is 12.7. The average molecular weight is 264 g/mol. The molecule has 19 heavy (non-hydrogen) atoms. The van der Waals surface area contributed by atoms with Crippen molar-refractivity contribution < 1.29 is 13.9 Å². The molecule has 0 N–H and O–H groups in total. The van der Waals surface area contributed by atoms with E-state index in [0.29, 0.717) is 0 Å². The first kappa shape index (κ1) is 14.2. The van der Waals surface area contributed by atoms with Crippen LogP contribution < -0.4 is 0 Å². The fraction of sp³-hybridized carbons (Fsp3) is 0.500. The highest BCUT2D eigenvalue weighted by atomic mass is 19.1. The minimum Gasteiger partial charge on any atom is -0.353 e. The molecular formula is C16H21FO2. The van der Waals surface area contributed by atoms with E-state index < -0.39 is 0 Å². The van der Waals surface area contributed by atoms with Crippen LogP contribution in [0.25, 0.3) is 6.08 Å². The molecule has 1 unspecified atom stereocenters. The van der Waals surface area contributed by atoms with Crippen LogP contribution in [0.1, 0.15) is 37.7 Å². The van der Waals surface area contributed by atoms with E-state index in [4.69, 9.17) is 9.47 Å². The van der Waals surface area contributed by atoms with Crippen LogP contribution in [0.2, 0.25) is 0 Å². The van der Waals surface area contributed by atoms with Gasteiger partial charge >= 0.3 is 0 Å². The van der Waals surface area contributed by atoms with Gasteiger partial charge in [-0.3, -0.25) is 0 Å². The van der Waals surface area contributed by atoms with Gasteiger partial charge in [0.15, 0.2) is 6.29 Å².